The van der Waals surface area contributed by atoms with Crippen LogP contribution in [-0.2, 0) is 11.3 Å². The van der Waals surface area contributed by atoms with Crippen LogP contribution in [0.3, 0.4) is 0 Å². The molecule has 1 aromatic heterocycles. The van der Waals surface area contributed by atoms with Gasteiger partial charge in [-0.25, -0.2) is 4.98 Å². The van der Waals surface area contributed by atoms with Crippen molar-refractivity contribution in [1.29, 1.82) is 0 Å². The van der Waals surface area contributed by atoms with Crippen molar-refractivity contribution in [1.82, 2.24) is 4.98 Å². The fourth-order valence-electron chi connectivity index (χ4n) is 3.26. The number of thiazole rings is 1. The number of thioether (sulfide) groups is 1. The predicted molar refractivity (Wildman–Crippen MR) is 129 cm³/mol. The molecule has 3 aromatic carbocycles. The van der Waals surface area contributed by atoms with Crippen LogP contribution >= 0.6 is 34.7 Å². The first-order chi connectivity index (χ1) is 14.5. The van der Waals surface area contributed by atoms with Crippen LogP contribution in [0.1, 0.15) is 16.7 Å². The van der Waals surface area contributed by atoms with Crippen molar-refractivity contribution in [3.63, 3.8) is 0 Å². The standard InChI is InChI=1S/C24H21ClN2OS2/c1-16-12-17(2)23-21(13-16)26-24(30-23)27(14-18-6-4-3-5-7-18)22(28)15-29-20-10-8-19(25)9-11-20/h3-13H,14-15H2,1-2H3. The van der Waals surface area contributed by atoms with Gasteiger partial charge < -0.3 is 0 Å². The second-order valence-electron chi connectivity index (χ2n) is 7.13. The molecule has 0 N–H and O–H groups in total. The third-order valence-electron chi connectivity index (χ3n) is 4.70. The molecule has 0 saturated carbocycles. The van der Waals surface area contributed by atoms with Crippen molar-refractivity contribution in [2.75, 3.05) is 10.7 Å². The lowest BCUT2D eigenvalue weighted by atomic mass is 10.1. The zero-order valence-electron chi connectivity index (χ0n) is 16.8. The van der Waals surface area contributed by atoms with Crippen LogP contribution in [0.4, 0.5) is 5.13 Å². The summed E-state index contributed by atoms with van der Waals surface area (Å²) in [7, 11) is 0. The number of carbonyl (C=O) groups is 1. The minimum Gasteiger partial charge on any atom is -0.283 e. The lowest BCUT2D eigenvalue weighted by Gasteiger charge is -2.20. The van der Waals surface area contributed by atoms with Gasteiger partial charge in [0.1, 0.15) is 0 Å². The molecular formula is C24H21ClN2OS2. The average Bonchev–Trinajstić information content (AvgIpc) is 3.16. The number of aromatic nitrogens is 1. The molecule has 1 amide bonds. The number of hydrogen-bond donors (Lipinski definition) is 0. The topological polar surface area (TPSA) is 33.2 Å². The maximum Gasteiger partial charge on any atom is 0.239 e. The molecule has 0 aliphatic carbocycles. The van der Waals surface area contributed by atoms with E-state index in [1.807, 2.05) is 54.6 Å². The molecule has 4 rings (SSSR count). The highest BCUT2D eigenvalue weighted by Crippen LogP contribution is 2.33. The van der Waals surface area contributed by atoms with E-state index in [0.29, 0.717) is 17.3 Å². The van der Waals surface area contributed by atoms with Crippen molar-refractivity contribution in [3.8, 4) is 0 Å². The Bertz CT molecular complexity index is 1170. The highest BCUT2D eigenvalue weighted by atomic mass is 35.5. The summed E-state index contributed by atoms with van der Waals surface area (Å²) in [4.78, 5) is 20.9. The van der Waals surface area contributed by atoms with E-state index in [0.717, 1.165) is 25.8 Å². The summed E-state index contributed by atoms with van der Waals surface area (Å²) in [6.07, 6.45) is 0. The van der Waals surface area contributed by atoms with Crippen LogP contribution in [0.15, 0.2) is 71.6 Å². The Morgan fingerprint density at radius 1 is 1.07 bits per heavy atom. The van der Waals surface area contributed by atoms with Crippen LogP contribution in [-0.4, -0.2) is 16.6 Å². The highest BCUT2D eigenvalue weighted by molar-refractivity contribution is 8.00. The number of amides is 1. The third-order valence-corrected chi connectivity index (χ3v) is 7.18. The summed E-state index contributed by atoms with van der Waals surface area (Å²) >= 11 is 9.06. The van der Waals surface area contributed by atoms with Gasteiger partial charge in [-0.1, -0.05) is 59.3 Å². The molecule has 0 radical (unpaired) electrons. The number of anilines is 1. The van der Waals surface area contributed by atoms with Crippen LogP contribution in [0, 0.1) is 13.8 Å². The van der Waals surface area contributed by atoms with Gasteiger partial charge in [0.05, 0.1) is 22.5 Å². The van der Waals surface area contributed by atoms with E-state index >= 15 is 0 Å². The molecule has 30 heavy (non-hydrogen) atoms. The lowest BCUT2D eigenvalue weighted by Crippen LogP contribution is -2.31. The van der Waals surface area contributed by atoms with Gasteiger partial charge >= 0.3 is 0 Å². The minimum atomic E-state index is 0.0345. The van der Waals surface area contributed by atoms with Gasteiger partial charge in [0, 0.05) is 9.92 Å². The SMILES string of the molecule is Cc1cc(C)c2sc(N(Cc3ccccc3)C(=O)CSc3ccc(Cl)cc3)nc2c1. The maximum absolute atomic E-state index is 13.3. The summed E-state index contributed by atoms with van der Waals surface area (Å²) in [5.74, 6) is 0.370. The van der Waals surface area contributed by atoms with Crippen molar-refractivity contribution >= 4 is 56.0 Å². The molecule has 0 aliphatic rings. The van der Waals surface area contributed by atoms with E-state index in [1.165, 1.54) is 22.9 Å². The van der Waals surface area contributed by atoms with Crippen LogP contribution in [0.2, 0.25) is 5.02 Å². The van der Waals surface area contributed by atoms with Gasteiger partial charge in [-0.2, -0.15) is 0 Å². The number of halogens is 1. The summed E-state index contributed by atoms with van der Waals surface area (Å²) < 4.78 is 1.13. The van der Waals surface area contributed by atoms with E-state index in [2.05, 4.69) is 26.0 Å². The zero-order chi connectivity index (χ0) is 21.1. The largest absolute Gasteiger partial charge is 0.283 e. The Kier molecular flexibility index (Phi) is 6.42. The van der Waals surface area contributed by atoms with E-state index in [-0.39, 0.29) is 5.91 Å². The number of aryl methyl sites for hydroxylation is 2. The second-order valence-corrected chi connectivity index (χ2v) is 9.60. The lowest BCUT2D eigenvalue weighted by molar-refractivity contribution is -0.116. The first kappa shape index (κ1) is 20.9. The number of benzene rings is 3. The number of carbonyl (C=O) groups excluding carboxylic acids is 1. The molecular weight excluding hydrogens is 432 g/mol. The molecule has 0 saturated heterocycles. The number of hydrogen-bond acceptors (Lipinski definition) is 4. The first-order valence-corrected chi connectivity index (χ1v) is 11.8. The zero-order valence-corrected chi connectivity index (χ0v) is 19.2. The minimum absolute atomic E-state index is 0.0345. The highest BCUT2D eigenvalue weighted by Gasteiger charge is 2.21. The Hall–Kier alpha value is -2.34. The molecule has 152 valence electrons. The van der Waals surface area contributed by atoms with Crippen molar-refractivity contribution in [2.45, 2.75) is 25.3 Å². The molecule has 0 aliphatic heterocycles. The van der Waals surface area contributed by atoms with Crippen LogP contribution in [0.5, 0.6) is 0 Å². The molecule has 4 aromatic rings. The van der Waals surface area contributed by atoms with Crippen LogP contribution in [0.25, 0.3) is 10.2 Å². The molecule has 0 fully saturated rings. The number of rotatable bonds is 6. The molecule has 0 unspecified atom stereocenters. The Morgan fingerprint density at radius 3 is 2.53 bits per heavy atom. The van der Waals surface area contributed by atoms with Gasteiger partial charge in [0.25, 0.3) is 0 Å². The first-order valence-electron chi connectivity index (χ1n) is 9.60. The van der Waals surface area contributed by atoms with Crippen LogP contribution < -0.4 is 4.90 Å². The number of nitrogens with zero attached hydrogens (tertiary/aromatic N) is 2. The predicted octanol–water partition coefficient (Wildman–Crippen LogP) is 6.89. The van der Waals surface area contributed by atoms with Crippen molar-refractivity contribution in [3.05, 3.63) is 88.4 Å². The molecule has 0 bridgehead atoms. The number of fused-ring (bicyclic) bond motifs is 1. The molecule has 1 heterocycles. The summed E-state index contributed by atoms with van der Waals surface area (Å²) in [6, 6.07) is 21.8. The smallest absolute Gasteiger partial charge is 0.239 e. The van der Waals surface area contributed by atoms with Gasteiger partial charge in [-0.3, -0.25) is 9.69 Å². The quantitative estimate of drug-likeness (QED) is 0.298. The Balaban J connectivity index is 1.63. The molecule has 3 nitrogen and oxygen atoms in total. The van der Waals surface area contributed by atoms with Gasteiger partial charge in [0.15, 0.2) is 5.13 Å². The van der Waals surface area contributed by atoms with Gasteiger partial charge in [-0.05, 0) is 60.9 Å². The fraction of sp³-hybridized carbons (Fsp3) is 0.167. The van der Waals surface area contributed by atoms with E-state index in [9.17, 15) is 4.79 Å². The van der Waals surface area contributed by atoms with E-state index in [4.69, 9.17) is 16.6 Å². The molecule has 0 atom stereocenters. The Labute approximate surface area is 189 Å². The fourth-order valence-corrected chi connectivity index (χ4v) is 5.20. The van der Waals surface area contributed by atoms with Crippen molar-refractivity contribution < 1.29 is 4.79 Å². The van der Waals surface area contributed by atoms with Crippen molar-refractivity contribution in [2.24, 2.45) is 0 Å². The van der Waals surface area contributed by atoms with Gasteiger partial charge in [0.2, 0.25) is 5.91 Å². The summed E-state index contributed by atoms with van der Waals surface area (Å²) in [5, 5.41) is 1.43. The molecule has 6 heteroatoms. The Morgan fingerprint density at radius 2 is 1.80 bits per heavy atom. The van der Waals surface area contributed by atoms with Gasteiger partial charge in [-0.15, -0.1) is 11.8 Å². The second kappa shape index (κ2) is 9.21. The average molecular weight is 453 g/mol. The van der Waals surface area contributed by atoms with E-state index in [1.54, 1.807) is 16.2 Å². The monoisotopic (exact) mass is 452 g/mol. The normalized spacial score (nSPS) is 11.0. The third kappa shape index (κ3) is 4.86. The van der Waals surface area contributed by atoms with E-state index < -0.39 is 0 Å². The summed E-state index contributed by atoms with van der Waals surface area (Å²) in [6.45, 7) is 4.66. The molecule has 0 spiro atoms. The summed E-state index contributed by atoms with van der Waals surface area (Å²) in [5.41, 5.74) is 4.39. The maximum atomic E-state index is 13.3.